The molecule has 2 aromatic heterocycles. The number of amides is 3. The predicted octanol–water partition coefficient (Wildman–Crippen LogP) is 1.72. The number of benzene rings is 1. The van der Waals surface area contributed by atoms with E-state index in [1.807, 2.05) is 30.3 Å². The molecule has 3 amide bonds. The number of hydrogen-bond donors (Lipinski definition) is 1. The number of rotatable bonds is 7. The average Bonchev–Trinajstić information content (AvgIpc) is 3.60. The van der Waals surface area contributed by atoms with Gasteiger partial charge >= 0.3 is 6.09 Å². The topological polar surface area (TPSA) is 128 Å². The summed E-state index contributed by atoms with van der Waals surface area (Å²) in [4.78, 5) is 50.8. The van der Waals surface area contributed by atoms with Crippen LogP contribution in [-0.4, -0.2) is 100 Å². The lowest BCUT2D eigenvalue weighted by Crippen LogP contribution is -2.51. The molecule has 2 fully saturated rings. The number of imidazole rings is 1. The number of nitrogens with one attached hydrogen (secondary N) is 1. The van der Waals surface area contributed by atoms with Gasteiger partial charge in [0, 0.05) is 63.1 Å². The minimum Gasteiger partial charge on any atom is -0.442 e. The molecule has 13 nitrogen and oxygen atoms in total. The molecule has 0 aliphatic carbocycles. The monoisotopic (exact) mass is 575 g/mol. The van der Waals surface area contributed by atoms with Crippen molar-refractivity contribution in [3.8, 4) is 0 Å². The Morgan fingerprint density at radius 3 is 2.76 bits per heavy atom. The lowest BCUT2D eigenvalue weighted by Gasteiger charge is -2.36. The fourth-order valence-electron chi connectivity index (χ4n) is 5.09. The van der Waals surface area contributed by atoms with Crippen molar-refractivity contribution in [2.24, 2.45) is 11.0 Å². The highest BCUT2D eigenvalue weighted by atomic mass is 19.1. The van der Waals surface area contributed by atoms with Crippen LogP contribution in [-0.2, 0) is 9.53 Å². The summed E-state index contributed by atoms with van der Waals surface area (Å²) < 4.78 is 22.4. The Labute approximate surface area is 240 Å². The van der Waals surface area contributed by atoms with Crippen molar-refractivity contribution < 1.29 is 23.5 Å². The van der Waals surface area contributed by atoms with Crippen molar-refractivity contribution in [2.45, 2.75) is 13.0 Å². The number of hydrogen-bond acceptors (Lipinski definition) is 9. The van der Waals surface area contributed by atoms with Crippen molar-refractivity contribution in [2.75, 3.05) is 55.6 Å². The lowest BCUT2D eigenvalue weighted by molar-refractivity contribution is -0.130. The number of anilines is 2. The van der Waals surface area contributed by atoms with Crippen molar-refractivity contribution in [1.82, 2.24) is 29.6 Å². The first-order valence-electron chi connectivity index (χ1n) is 13.7. The number of halogens is 1. The van der Waals surface area contributed by atoms with Crippen molar-refractivity contribution in [3.05, 3.63) is 66.8 Å². The molecule has 218 valence electrons. The van der Waals surface area contributed by atoms with Gasteiger partial charge in [-0.3, -0.25) is 24.5 Å². The van der Waals surface area contributed by atoms with E-state index < -0.39 is 23.9 Å². The van der Waals surface area contributed by atoms with Gasteiger partial charge in [0.1, 0.15) is 17.6 Å². The Hall–Kier alpha value is -5.01. The van der Waals surface area contributed by atoms with E-state index in [9.17, 15) is 14.4 Å². The number of carbonyl (C=O) groups excluding carboxylic acids is 3. The molecule has 42 heavy (non-hydrogen) atoms. The number of aromatic nitrogens is 3. The van der Waals surface area contributed by atoms with Crippen LogP contribution in [0.25, 0.3) is 5.65 Å². The third-order valence-corrected chi connectivity index (χ3v) is 7.39. The molecule has 1 N–H and O–H groups in total. The second kappa shape index (κ2) is 11.5. The zero-order valence-corrected chi connectivity index (χ0v) is 23.0. The van der Waals surface area contributed by atoms with Crippen LogP contribution >= 0.6 is 0 Å². The Bertz CT molecular complexity index is 1520. The minimum absolute atomic E-state index is 0.166. The molecular weight excluding hydrogens is 545 g/mol. The van der Waals surface area contributed by atoms with Gasteiger partial charge in [0.05, 0.1) is 37.2 Å². The first-order valence-corrected chi connectivity index (χ1v) is 13.7. The van der Waals surface area contributed by atoms with Crippen LogP contribution in [0.15, 0.2) is 60.4 Å². The molecule has 14 heteroatoms. The van der Waals surface area contributed by atoms with Crippen LogP contribution in [0.3, 0.4) is 0 Å². The summed E-state index contributed by atoms with van der Waals surface area (Å²) in [7, 11) is 0. The van der Waals surface area contributed by atoms with E-state index in [2.05, 4.69) is 20.4 Å². The van der Waals surface area contributed by atoms with Crippen LogP contribution < -0.4 is 15.1 Å². The molecule has 2 saturated heterocycles. The summed E-state index contributed by atoms with van der Waals surface area (Å²) in [6.45, 7) is 4.16. The standard InChI is InChI=1S/C28H30FN9O4/c1-19-4-6-37(32-13-19)16-21-17-38(28(41)42-21)20-2-3-24(22(29)12-20)34-8-10-35(11-9-34)26(39)15-31-27(40)23-18-36-7-5-30-14-25(36)33-23/h2-7,12-14,18-19,21H,8-11,15-17H2,1H3,(H,31,40). The molecule has 0 bridgehead atoms. The molecule has 3 aromatic rings. The van der Waals surface area contributed by atoms with Crippen LogP contribution in [0.4, 0.5) is 20.6 Å². The van der Waals surface area contributed by atoms with Gasteiger partial charge in [-0.1, -0.05) is 13.0 Å². The summed E-state index contributed by atoms with van der Waals surface area (Å²) in [6, 6.07) is 4.68. The SMILES string of the molecule is CC1C=CN(CC2CN(c3ccc(N4CCN(C(=O)CNC(=O)c5cn6ccncc6n5)CC4)c(F)c3)C(=O)O2)N=C1. The fraction of sp³-hybridized carbons (Fsp3) is 0.357. The molecular formula is C28H30FN9O4. The number of cyclic esters (lactones) is 1. The molecule has 1 aromatic carbocycles. The smallest absolute Gasteiger partial charge is 0.414 e. The number of carbonyl (C=O) groups is 3. The molecule has 0 radical (unpaired) electrons. The Morgan fingerprint density at radius 2 is 2.02 bits per heavy atom. The molecule has 0 spiro atoms. The quantitative estimate of drug-likeness (QED) is 0.451. The molecule has 3 aliphatic rings. The average molecular weight is 576 g/mol. The molecule has 6 rings (SSSR count). The highest BCUT2D eigenvalue weighted by Crippen LogP contribution is 2.29. The van der Waals surface area contributed by atoms with E-state index in [-0.39, 0.29) is 24.1 Å². The second-order valence-corrected chi connectivity index (χ2v) is 10.4. The summed E-state index contributed by atoms with van der Waals surface area (Å²) in [6.07, 6.45) is 11.1. The minimum atomic E-state index is -0.525. The van der Waals surface area contributed by atoms with Gasteiger partial charge in [0.25, 0.3) is 5.91 Å². The van der Waals surface area contributed by atoms with Gasteiger partial charge in [-0.25, -0.2) is 14.2 Å². The van der Waals surface area contributed by atoms with Crippen LogP contribution in [0, 0.1) is 11.7 Å². The lowest BCUT2D eigenvalue weighted by atomic mass is 10.2. The molecule has 5 heterocycles. The maximum Gasteiger partial charge on any atom is 0.414 e. The Morgan fingerprint density at radius 1 is 1.19 bits per heavy atom. The molecule has 2 unspecified atom stereocenters. The third-order valence-electron chi connectivity index (χ3n) is 7.39. The number of ether oxygens (including phenoxy) is 1. The van der Waals surface area contributed by atoms with Crippen molar-refractivity contribution in [1.29, 1.82) is 0 Å². The number of nitrogens with zero attached hydrogens (tertiary/aromatic N) is 8. The van der Waals surface area contributed by atoms with E-state index in [1.165, 1.54) is 11.0 Å². The largest absolute Gasteiger partial charge is 0.442 e. The zero-order chi connectivity index (χ0) is 29.2. The van der Waals surface area contributed by atoms with Gasteiger partial charge in [-0.05, 0) is 18.2 Å². The van der Waals surface area contributed by atoms with Gasteiger partial charge in [-0.15, -0.1) is 0 Å². The highest BCUT2D eigenvalue weighted by Gasteiger charge is 2.34. The van der Waals surface area contributed by atoms with E-state index in [0.29, 0.717) is 56.3 Å². The third kappa shape index (κ3) is 5.73. The van der Waals surface area contributed by atoms with E-state index >= 15 is 4.39 Å². The van der Waals surface area contributed by atoms with E-state index in [4.69, 9.17) is 4.74 Å². The fourth-order valence-corrected chi connectivity index (χ4v) is 5.09. The van der Waals surface area contributed by atoms with Crippen LogP contribution in [0.5, 0.6) is 0 Å². The summed E-state index contributed by atoms with van der Waals surface area (Å²) >= 11 is 0. The van der Waals surface area contributed by atoms with Gasteiger partial charge in [-0.2, -0.15) is 5.10 Å². The van der Waals surface area contributed by atoms with Crippen LogP contribution in [0.1, 0.15) is 17.4 Å². The predicted molar refractivity (Wildman–Crippen MR) is 152 cm³/mol. The van der Waals surface area contributed by atoms with Gasteiger partial charge in [0.15, 0.2) is 5.65 Å². The number of fused-ring (bicyclic) bond motifs is 1. The summed E-state index contributed by atoms with van der Waals surface area (Å²) in [5.41, 5.74) is 1.54. The normalized spacial score (nSPS) is 20.4. The highest BCUT2D eigenvalue weighted by molar-refractivity contribution is 5.95. The summed E-state index contributed by atoms with van der Waals surface area (Å²) in [5.74, 6) is -0.885. The molecule has 3 aliphatic heterocycles. The first-order chi connectivity index (χ1) is 20.3. The van der Waals surface area contributed by atoms with Gasteiger partial charge in [0.2, 0.25) is 5.91 Å². The number of allylic oxidation sites excluding steroid dienone is 1. The Balaban J connectivity index is 0.994. The van der Waals surface area contributed by atoms with E-state index in [1.54, 1.807) is 51.2 Å². The Kier molecular flexibility index (Phi) is 7.42. The van der Waals surface area contributed by atoms with Crippen molar-refractivity contribution in [3.63, 3.8) is 0 Å². The maximum atomic E-state index is 15.2. The zero-order valence-electron chi connectivity index (χ0n) is 23.0. The van der Waals surface area contributed by atoms with Crippen LogP contribution in [0.2, 0.25) is 0 Å². The second-order valence-electron chi connectivity index (χ2n) is 10.4. The van der Waals surface area contributed by atoms with Gasteiger partial charge < -0.3 is 24.3 Å². The summed E-state index contributed by atoms with van der Waals surface area (Å²) in [5, 5.41) is 8.67. The maximum absolute atomic E-state index is 15.2. The number of hydrazone groups is 1. The van der Waals surface area contributed by atoms with Crippen molar-refractivity contribution >= 4 is 41.1 Å². The first kappa shape index (κ1) is 27.2. The molecule has 0 saturated carbocycles. The molecule has 2 atom stereocenters. The number of piperazine rings is 1. The van der Waals surface area contributed by atoms with E-state index in [0.717, 1.165) is 0 Å².